The van der Waals surface area contributed by atoms with Gasteiger partial charge in [-0.3, -0.25) is 0 Å². The number of aliphatic hydroxyl groups excluding tert-OH is 1. The minimum atomic E-state index is -0.436. The van der Waals surface area contributed by atoms with Gasteiger partial charge >= 0.3 is 5.97 Å². The van der Waals surface area contributed by atoms with Crippen LogP contribution in [0.4, 0.5) is 0 Å². The number of carbonyl (C=O) groups is 1. The Hall–Kier alpha value is -1.62. The molecule has 1 aromatic carbocycles. The van der Waals surface area contributed by atoms with Crippen molar-refractivity contribution in [2.45, 2.75) is 38.4 Å². The fourth-order valence-electron chi connectivity index (χ4n) is 2.08. The molecule has 5 heteroatoms. The monoisotopic (exact) mass is 322 g/mol. The van der Waals surface area contributed by atoms with Gasteiger partial charge in [0.05, 0.1) is 6.61 Å². The molecule has 1 N–H and O–H groups in total. The lowest BCUT2D eigenvalue weighted by atomic mass is 10.2. The van der Waals surface area contributed by atoms with Crippen molar-refractivity contribution in [2.24, 2.45) is 0 Å². The van der Waals surface area contributed by atoms with Crippen LogP contribution >= 0.6 is 11.8 Å². The molecule has 4 nitrogen and oxygen atoms in total. The lowest BCUT2D eigenvalue weighted by Gasteiger charge is -2.07. The summed E-state index contributed by atoms with van der Waals surface area (Å²) in [6.07, 6.45) is 4.78. The van der Waals surface area contributed by atoms with E-state index in [0.29, 0.717) is 10.7 Å². The van der Waals surface area contributed by atoms with E-state index in [2.05, 4.69) is 6.92 Å². The molecule has 0 aliphatic carbocycles. The number of ether oxygens (including phenoxy) is 2. The van der Waals surface area contributed by atoms with E-state index in [0.717, 1.165) is 24.3 Å². The molecule has 0 aromatic heterocycles. The maximum Gasteiger partial charge on any atom is 0.348 e. The number of carbonyl (C=O) groups excluding carboxylic acids is 1. The maximum atomic E-state index is 11.4. The third kappa shape index (κ3) is 4.98. The second-order valence-corrected chi connectivity index (χ2v) is 6.18. The first-order chi connectivity index (χ1) is 10.7. The predicted octanol–water partition coefficient (Wildman–Crippen LogP) is 4.21. The molecule has 1 aromatic rings. The van der Waals surface area contributed by atoms with Crippen LogP contribution in [0.1, 0.15) is 38.2 Å². The summed E-state index contributed by atoms with van der Waals surface area (Å²) in [5.74, 6) is 1.08. The van der Waals surface area contributed by atoms with Crippen molar-refractivity contribution < 1.29 is 19.4 Å². The number of hydrogen-bond donors (Lipinski definition) is 1. The van der Waals surface area contributed by atoms with Crippen LogP contribution in [0.3, 0.4) is 0 Å². The smallest absolute Gasteiger partial charge is 0.348 e. The van der Waals surface area contributed by atoms with Gasteiger partial charge in [0.15, 0.2) is 5.76 Å². The van der Waals surface area contributed by atoms with E-state index in [1.165, 1.54) is 31.0 Å². The number of thioether (sulfide) groups is 1. The van der Waals surface area contributed by atoms with Crippen LogP contribution in [-0.4, -0.2) is 24.3 Å². The Balaban J connectivity index is 1.75. The maximum absolute atomic E-state index is 11.4. The number of aliphatic hydroxyl groups is 1. The van der Waals surface area contributed by atoms with Crippen LogP contribution in [0, 0.1) is 0 Å². The molecule has 0 saturated carbocycles. The van der Waals surface area contributed by atoms with Gasteiger partial charge in [-0.1, -0.05) is 38.3 Å². The van der Waals surface area contributed by atoms with Gasteiger partial charge in [-0.05, 0) is 24.1 Å². The quantitative estimate of drug-likeness (QED) is 0.545. The molecule has 0 unspecified atom stereocenters. The van der Waals surface area contributed by atoms with Crippen LogP contribution in [-0.2, 0) is 15.3 Å². The van der Waals surface area contributed by atoms with Gasteiger partial charge in [-0.15, -0.1) is 11.8 Å². The predicted molar refractivity (Wildman–Crippen MR) is 88.0 cm³/mol. The van der Waals surface area contributed by atoms with Crippen molar-refractivity contribution in [3.8, 4) is 5.75 Å². The molecule has 0 bridgehead atoms. The fourth-order valence-corrected chi connectivity index (χ4v) is 2.99. The molecular weight excluding hydrogens is 300 g/mol. The fraction of sp³-hybridized carbons (Fsp3) is 0.471. The molecular formula is C17H22O4S. The molecule has 0 atom stereocenters. The van der Waals surface area contributed by atoms with Gasteiger partial charge in [0.1, 0.15) is 17.3 Å². The van der Waals surface area contributed by atoms with Crippen molar-refractivity contribution >= 4 is 17.7 Å². The van der Waals surface area contributed by atoms with Crippen LogP contribution in [0.15, 0.2) is 34.9 Å². The SMILES string of the molecule is CCCCCCOc1ccc(CSC2=C(O)COC2=O)cc1. The minimum Gasteiger partial charge on any atom is -0.507 e. The van der Waals surface area contributed by atoms with Gasteiger partial charge in [0.25, 0.3) is 0 Å². The minimum absolute atomic E-state index is 0.00796. The lowest BCUT2D eigenvalue weighted by molar-refractivity contribution is -0.135. The Bertz CT molecular complexity index is 522. The van der Waals surface area contributed by atoms with E-state index in [4.69, 9.17) is 9.47 Å². The Morgan fingerprint density at radius 3 is 2.64 bits per heavy atom. The van der Waals surface area contributed by atoms with E-state index in [9.17, 15) is 9.90 Å². The average molecular weight is 322 g/mol. The third-order valence-corrected chi connectivity index (χ3v) is 4.53. The van der Waals surface area contributed by atoms with E-state index in [1.54, 1.807) is 0 Å². The number of hydrogen-bond acceptors (Lipinski definition) is 5. The van der Waals surface area contributed by atoms with E-state index in [-0.39, 0.29) is 12.4 Å². The molecule has 0 spiro atoms. The Morgan fingerprint density at radius 1 is 1.23 bits per heavy atom. The topological polar surface area (TPSA) is 55.8 Å². The molecule has 0 saturated heterocycles. The van der Waals surface area contributed by atoms with E-state index < -0.39 is 5.97 Å². The van der Waals surface area contributed by atoms with Crippen LogP contribution in [0.25, 0.3) is 0 Å². The summed E-state index contributed by atoms with van der Waals surface area (Å²) in [6.45, 7) is 2.94. The number of esters is 1. The third-order valence-electron chi connectivity index (χ3n) is 3.36. The second-order valence-electron chi connectivity index (χ2n) is 5.19. The zero-order valence-corrected chi connectivity index (χ0v) is 13.7. The molecule has 2 rings (SSSR count). The first-order valence-electron chi connectivity index (χ1n) is 7.64. The average Bonchev–Trinajstić information content (AvgIpc) is 2.85. The van der Waals surface area contributed by atoms with Crippen molar-refractivity contribution in [3.63, 3.8) is 0 Å². The highest BCUT2D eigenvalue weighted by atomic mass is 32.2. The van der Waals surface area contributed by atoms with Gasteiger partial charge < -0.3 is 14.6 Å². The molecule has 0 radical (unpaired) electrons. The standard InChI is InChI=1S/C17H22O4S/c1-2-3-4-5-10-20-14-8-6-13(7-9-14)12-22-16-15(18)11-21-17(16)19/h6-9,18H,2-5,10-12H2,1H3. The highest BCUT2D eigenvalue weighted by Gasteiger charge is 2.24. The van der Waals surface area contributed by atoms with Crippen molar-refractivity contribution in [2.75, 3.05) is 13.2 Å². The zero-order chi connectivity index (χ0) is 15.8. The van der Waals surface area contributed by atoms with Gasteiger partial charge in [0.2, 0.25) is 0 Å². The summed E-state index contributed by atoms with van der Waals surface area (Å²) in [5.41, 5.74) is 1.07. The Kier molecular flexibility index (Phi) is 6.65. The molecule has 1 heterocycles. The second kappa shape index (κ2) is 8.73. The highest BCUT2D eigenvalue weighted by molar-refractivity contribution is 8.03. The summed E-state index contributed by atoms with van der Waals surface area (Å²) in [4.78, 5) is 11.7. The normalized spacial score (nSPS) is 14.3. The number of benzene rings is 1. The van der Waals surface area contributed by atoms with Crippen LogP contribution in [0.2, 0.25) is 0 Å². The Morgan fingerprint density at radius 2 is 2.00 bits per heavy atom. The first-order valence-corrected chi connectivity index (χ1v) is 8.63. The molecule has 0 fully saturated rings. The van der Waals surface area contributed by atoms with Crippen LogP contribution < -0.4 is 4.74 Å². The summed E-state index contributed by atoms with van der Waals surface area (Å²) < 4.78 is 10.4. The molecule has 1 aliphatic heterocycles. The summed E-state index contributed by atoms with van der Waals surface area (Å²) in [7, 11) is 0. The molecule has 120 valence electrons. The van der Waals surface area contributed by atoms with Crippen molar-refractivity contribution in [1.82, 2.24) is 0 Å². The van der Waals surface area contributed by atoms with Gasteiger partial charge in [0, 0.05) is 5.75 Å². The number of cyclic esters (lactones) is 1. The Labute approximate surface area is 135 Å². The van der Waals surface area contributed by atoms with Gasteiger partial charge in [-0.25, -0.2) is 4.79 Å². The largest absolute Gasteiger partial charge is 0.507 e. The number of rotatable bonds is 9. The van der Waals surface area contributed by atoms with Crippen molar-refractivity contribution in [1.29, 1.82) is 0 Å². The molecule has 1 aliphatic rings. The van der Waals surface area contributed by atoms with Crippen molar-refractivity contribution in [3.05, 3.63) is 40.5 Å². The summed E-state index contributed by atoms with van der Waals surface area (Å²) in [6, 6.07) is 7.84. The molecule has 22 heavy (non-hydrogen) atoms. The summed E-state index contributed by atoms with van der Waals surface area (Å²) in [5, 5.41) is 9.53. The van der Waals surface area contributed by atoms with E-state index in [1.807, 2.05) is 24.3 Å². The highest BCUT2D eigenvalue weighted by Crippen LogP contribution is 2.29. The summed E-state index contributed by atoms with van der Waals surface area (Å²) >= 11 is 1.30. The van der Waals surface area contributed by atoms with Gasteiger partial charge in [-0.2, -0.15) is 0 Å². The van der Waals surface area contributed by atoms with E-state index >= 15 is 0 Å². The van der Waals surface area contributed by atoms with Crippen LogP contribution in [0.5, 0.6) is 5.75 Å². The molecule has 0 amide bonds. The first kappa shape index (κ1) is 16.7. The lowest BCUT2D eigenvalue weighted by Crippen LogP contribution is -1.98. The zero-order valence-electron chi connectivity index (χ0n) is 12.8. The number of unbranched alkanes of at least 4 members (excludes halogenated alkanes) is 3.